The number of rotatable bonds is 10. The van der Waals surface area contributed by atoms with Crippen LogP contribution in [-0.2, 0) is 22.6 Å². The number of nitrogens with one attached hydrogen (secondary N) is 2. The highest BCUT2D eigenvalue weighted by atomic mass is 16.7. The molecule has 0 spiro atoms. The Morgan fingerprint density at radius 3 is 2.09 bits per heavy atom. The molecule has 0 aliphatic carbocycles. The predicted molar refractivity (Wildman–Crippen MR) is 183 cm³/mol. The smallest absolute Gasteiger partial charge is 0.319 e. The van der Waals surface area contributed by atoms with Crippen LogP contribution in [0.4, 0.5) is 10.5 Å². The van der Waals surface area contributed by atoms with Crippen LogP contribution in [0, 0.1) is 0 Å². The van der Waals surface area contributed by atoms with Gasteiger partial charge >= 0.3 is 6.03 Å². The summed E-state index contributed by atoms with van der Waals surface area (Å²) in [5.41, 5.74) is 4.58. The molecule has 8 nitrogen and oxygen atoms in total. The lowest BCUT2D eigenvalue weighted by molar-refractivity contribution is -0.253. The predicted octanol–water partition coefficient (Wildman–Crippen LogP) is 8.10. The second kappa shape index (κ2) is 16.6. The number of carbonyl (C=O) groups is 1. The SMILES string of the molecule is O=C(NCc1ccc(C2OC(CN3CCCCCCC3)CC(c3ccc(CO)cc3)O2)cc1)Nc1ccc(Oc2ccccc2)cc1. The molecule has 2 saturated heterocycles. The zero-order valence-electron chi connectivity index (χ0n) is 26.9. The van der Waals surface area contributed by atoms with Crippen LogP contribution < -0.4 is 15.4 Å². The van der Waals surface area contributed by atoms with Crippen molar-refractivity contribution in [3.05, 3.63) is 125 Å². The van der Waals surface area contributed by atoms with Gasteiger partial charge in [0, 0.05) is 30.8 Å². The number of amides is 2. The van der Waals surface area contributed by atoms with Gasteiger partial charge in [0.05, 0.1) is 18.8 Å². The summed E-state index contributed by atoms with van der Waals surface area (Å²) in [6.07, 6.45) is 6.64. The van der Waals surface area contributed by atoms with Gasteiger partial charge in [-0.15, -0.1) is 0 Å². The highest BCUT2D eigenvalue weighted by Crippen LogP contribution is 2.38. The molecule has 47 heavy (non-hydrogen) atoms. The van der Waals surface area contributed by atoms with Gasteiger partial charge in [0.2, 0.25) is 0 Å². The van der Waals surface area contributed by atoms with Gasteiger partial charge in [-0.25, -0.2) is 4.79 Å². The van der Waals surface area contributed by atoms with E-state index in [0.29, 0.717) is 18.0 Å². The first kappa shape index (κ1) is 32.7. The highest BCUT2D eigenvalue weighted by molar-refractivity contribution is 5.89. The first-order valence-corrected chi connectivity index (χ1v) is 16.8. The van der Waals surface area contributed by atoms with Crippen LogP contribution in [0.2, 0.25) is 0 Å². The summed E-state index contributed by atoms with van der Waals surface area (Å²) in [5, 5.41) is 15.3. The van der Waals surface area contributed by atoms with Crippen LogP contribution in [0.25, 0.3) is 0 Å². The first-order valence-electron chi connectivity index (χ1n) is 16.8. The molecule has 0 bridgehead atoms. The lowest BCUT2D eigenvalue weighted by Gasteiger charge is -2.38. The summed E-state index contributed by atoms with van der Waals surface area (Å²) in [5.74, 6) is 1.46. The van der Waals surface area contributed by atoms with Gasteiger partial charge in [-0.1, -0.05) is 86.0 Å². The third-order valence-corrected chi connectivity index (χ3v) is 8.82. The van der Waals surface area contributed by atoms with E-state index < -0.39 is 6.29 Å². The summed E-state index contributed by atoms with van der Waals surface area (Å²) in [4.78, 5) is 15.2. The van der Waals surface area contributed by atoms with Crippen LogP contribution in [0.1, 0.15) is 73.2 Å². The van der Waals surface area contributed by atoms with Gasteiger partial charge in [0.15, 0.2) is 6.29 Å². The van der Waals surface area contributed by atoms with Crippen molar-refractivity contribution in [1.29, 1.82) is 0 Å². The van der Waals surface area contributed by atoms with Crippen molar-refractivity contribution in [3.8, 4) is 11.5 Å². The fourth-order valence-corrected chi connectivity index (χ4v) is 6.20. The molecule has 3 unspecified atom stereocenters. The zero-order valence-corrected chi connectivity index (χ0v) is 26.9. The van der Waals surface area contributed by atoms with Crippen molar-refractivity contribution in [1.82, 2.24) is 10.2 Å². The molecule has 4 aromatic rings. The first-order chi connectivity index (χ1) is 23.1. The Labute approximate surface area is 277 Å². The van der Waals surface area contributed by atoms with Crippen molar-refractivity contribution in [2.45, 2.75) is 70.2 Å². The third kappa shape index (κ3) is 9.65. The molecule has 8 heteroatoms. The van der Waals surface area contributed by atoms with Crippen LogP contribution in [0.3, 0.4) is 0 Å². The molecule has 2 amide bonds. The number of hydrogen-bond acceptors (Lipinski definition) is 6. The van der Waals surface area contributed by atoms with E-state index in [0.717, 1.165) is 54.1 Å². The number of carbonyl (C=O) groups excluding carboxylic acids is 1. The Hall–Kier alpha value is -4.21. The largest absolute Gasteiger partial charge is 0.457 e. The molecular formula is C39H45N3O5. The monoisotopic (exact) mass is 635 g/mol. The Balaban J connectivity index is 1.05. The van der Waals surface area contributed by atoms with E-state index in [-0.39, 0.29) is 24.8 Å². The van der Waals surface area contributed by atoms with Gasteiger partial charge in [-0.2, -0.15) is 0 Å². The average Bonchev–Trinajstić information content (AvgIpc) is 3.10. The summed E-state index contributed by atoms with van der Waals surface area (Å²) in [6.45, 7) is 3.53. The maximum Gasteiger partial charge on any atom is 0.319 e. The van der Waals surface area contributed by atoms with E-state index in [1.807, 2.05) is 91.0 Å². The van der Waals surface area contributed by atoms with E-state index in [2.05, 4.69) is 27.7 Å². The number of urea groups is 1. The summed E-state index contributed by atoms with van der Waals surface area (Å²) in [7, 11) is 0. The Morgan fingerprint density at radius 2 is 1.38 bits per heavy atom. The number of nitrogens with zero attached hydrogens (tertiary/aromatic N) is 1. The number of para-hydroxylation sites is 1. The van der Waals surface area contributed by atoms with Gasteiger partial charge in [-0.05, 0) is 79.0 Å². The summed E-state index contributed by atoms with van der Waals surface area (Å²) < 4.78 is 19.0. The quantitative estimate of drug-likeness (QED) is 0.163. The van der Waals surface area contributed by atoms with Crippen molar-refractivity contribution in [2.75, 3.05) is 25.0 Å². The van der Waals surface area contributed by atoms with Crippen molar-refractivity contribution in [3.63, 3.8) is 0 Å². The van der Waals surface area contributed by atoms with Gasteiger partial charge < -0.3 is 34.9 Å². The Morgan fingerprint density at radius 1 is 0.745 bits per heavy atom. The van der Waals surface area contributed by atoms with Crippen LogP contribution in [0.15, 0.2) is 103 Å². The minimum Gasteiger partial charge on any atom is -0.457 e. The lowest BCUT2D eigenvalue weighted by Crippen LogP contribution is -2.40. The van der Waals surface area contributed by atoms with Gasteiger partial charge in [-0.3, -0.25) is 0 Å². The van der Waals surface area contributed by atoms with Gasteiger partial charge in [0.25, 0.3) is 0 Å². The van der Waals surface area contributed by atoms with Crippen molar-refractivity contribution >= 4 is 11.7 Å². The maximum atomic E-state index is 12.6. The molecule has 2 fully saturated rings. The molecule has 3 atom stereocenters. The Bertz CT molecular complexity index is 1520. The van der Waals surface area contributed by atoms with Crippen molar-refractivity contribution in [2.24, 2.45) is 0 Å². The molecule has 246 valence electrons. The molecule has 0 radical (unpaired) electrons. The fourth-order valence-electron chi connectivity index (χ4n) is 6.20. The molecule has 4 aromatic carbocycles. The highest BCUT2D eigenvalue weighted by Gasteiger charge is 2.33. The standard InChI is InChI=1S/C39H45N3O5/c43-28-30-13-15-31(16-14-30)37-25-36(27-42-23-7-2-1-3-8-24-42)46-38(47-37)32-17-11-29(12-18-32)26-40-39(44)41-33-19-21-35(22-20-33)45-34-9-5-4-6-10-34/h4-6,9-22,36-38,43H,1-3,7-8,23-28H2,(H2,40,41,44). The summed E-state index contributed by atoms with van der Waals surface area (Å²) in [6, 6.07) is 32.7. The van der Waals surface area contributed by atoms with E-state index in [9.17, 15) is 9.90 Å². The topological polar surface area (TPSA) is 92.3 Å². The van der Waals surface area contributed by atoms with E-state index in [4.69, 9.17) is 14.2 Å². The lowest BCUT2D eigenvalue weighted by atomic mass is 9.99. The number of anilines is 1. The summed E-state index contributed by atoms with van der Waals surface area (Å²) >= 11 is 0. The van der Waals surface area contributed by atoms with Gasteiger partial charge in [0.1, 0.15) is 11.5 Å². The number of likely N-dealkylation sites (tertiary alicyclic amines) is 1. The zero-order chi connectivity index (χ0) is 32.3. The molecule has 2 aliphatic heterocycles. The molecule has 2 heterocycles. The van der Waals surface area contributed by atoms with E-state index in [1.54, 1.807) is 0 Å². The normalized spacial score (nSPS) is 20.5. The molecule has 3 N–H and O–H groups in total. The minimum atomic E-state index is -0.495. The molecule has 2 aliphatic rings. The maximum absolute atomic E-state index is 12.6. The number of aliphatic hydroxyl groups excluding tert-OH is 1. The minimum absolute atomic E-state index is 0.0235. The second-order valence-corrected chi connectivity index (χ2v) is 12.4. The number of hydrogen-bond donors (Lipinski definition) is 3. The van der Waals surface area contributed by atoms with Crippen molar-refractivity contribution < 1.29 is 24.1 Å². The fraction of sp³-hybridized carbons (Fsp3) is 0.359. The number of aliphatic hydroxyl groups is 1. The second-order valence-electron chi connectivity index (χ2n) is 12.4. The molecule has 0 aromatic heterocycles. The molecular weight excluding hydrogens is 590 g/mol. The average molecular weight is 636 g/mol. The van der Waals surface area contributed by atoms with Crippen LogP contribution in [-0.4, -0.2) is 41.8 Å². The third-order valence-electron chi connectivity index (χ3n) is 8.82. The number of ether oxygens (including phenoxy) is 3. The van der Waals surface area contributed by atoms with Crippen LogP contribution in [0.5, 0.6) is 11.5 Å². The Kier molecular flexibility index (Phi) is 11.5. The molecule has 0 saturated carbocycles. The van der Waals surface area contributed by atoms with E-state index >= 15 is 0 Å². The van der Waals surface area contributed by atoms with E-state index in [1.165, 1.54) is 32.1 Å². The number of benzene rings is 4. The van der Waals surface area contributed by atoms with Crippen LogP contribution >= 0.6 is 0 Å². The molecule has 6 rings (SSSR count).